The van der Waals surface area contributed by atoms with Crippen molar-refractivity contribution in [1.29, 1.82) is 0 Å². The number of carbonyl (C=O) groups excluding carboxylic acids is 2. The highest BCUT2D eigenvalue weighted by molar-refractivity contribution is 7.91. The second-order valence-corrected chi connectivity index (χ2v) is 11.0. The summed E-state index contributed by atoms with van der Waals surface area (Å²) in [7, 11) is -6.67. The molecule has 0 bridgehead atoms. The Morgan fingerprint density at radius 2 is 1.79 bits per heavy atom. The van der Waals surface area contributed by atoms with E-state index in [0.29, 0.717) is 19.5 Å². The lowest BCUT2D eigenvalue weighted by Crippen LogP contribution is -2.38. The second kappa shape index (κ2) is 8.18. The highest BCUT2D eigenvalue weighted by Crippen LogP contribution is 2.21. The van der Waals surface area contributed by atoms with Gasteiger partial charge in [-0.25, -0.2) is 21.6 Å². The monoisotopic (exact) mass is 430 g/mol. The molecule has 0 saturated carbocycles. The average molecular weight is 431 g/mol. The summed E-state index contributed by atoms with van der Waals surface area (Å²) in [6.07, 6.45) is 2.01. The van der Waals surface area contributed by atoms with E-state index in [1.54, 1.807) is 0 Å². The lowest BCUT2D eigenvalue weighted by atomic mass is 10.2. The number of amides is 1. The van der Waals surface area contributed by atoms with Crippen LogP contribution in [-0.2, 0) is 29.4 Å². The third kappa shape index (κ3) is 4.89. The van der Waals surface area contributed by atoms with Gasteiger partial charge in [0.2, 0.25) is 10.0 Å². The van der Waals surface area contributed by atoms with Crippen LogP contribution < -0.4 is 5.32 Å². The number of benzene rings is 1. The van der Waals surface area contributed by atoms with Crippen LogP contribution in [0, 0.1) is 0 Å². The van der Waals surface area contributed by atoms with Crippen molar-refractivity contribution in [1.82, 2.24) is 9.62 Å². The predicted molar refractivity (Wildman–Crippen MR) is 99.9 cm³/mol. The van der Waals surface area contributed by atoms with E-state index >= 15 is 0 Å². The van der Waals surface area contributed by atoms with Crippen LogP contribution in [-0.4, -0.2) is 70.3 Å². The highest BCUT2D eigenvalue weighted by atomic mass is 32.2. The number of sulfonamides is 1. The average Bonchev–Trinajstić information content (AvgIpc) is 3.30. The molecule has 3 rings (SSSR count). The molecule has 0 radical (unpaired) electrons. The van der Waals surface area contributed by atoms with Gasteiger partial charge in [0.05, 0.1) is 22.0 Å². The number of rotatable bonds is 6. The standard InChI is InChI=1S/C17H22N2O7S2/c20-16(18-14-7-10-27(22,23)12-14)11-26-17(21)13-3-5-15(6-4-13)28(24,25)19-8-1-2-9-19/h3-6,14H,1-2,7-12H2,(H,18,20). The Morgan fingerprint density at radius 3 is 2.36 bits per heavy atom. The summed E-state index contributed by atoms with van der Waals surface area (Å²) in [4.78, 5) is 24.0. The first-order valence-corrected chi connectivity index (χ1v) is 12.2. The van der Waals surface area contributed by atoms with Gasteiger partial charge in [0.1, 0.15) is 0 Å². The normalized spacial score (nSPS) is 22.1. The van der Waals surface area contributed by atoms with E-state index in [-0.39, 0.29) is 22.0 Å². The topological polar surface area (TPSA) is 127 Å². The minimum atomic E-state index is -3.56. The van der Waals surface area contributed by atoms with E-state index in [2.05, 4.69) is 5.32 Å². The van der Waals surface area contributed by atoms with Gasteiger partial charge in [0, 0.05) is 19.1 Å². The molecule has 2 fully saturated rings. The zero-order valence-corrected chi connectivity index (χ0v) is 16.8. The van der Waals surface area contributed by atoms with Crippen molar-refractivity contribution in [3.63, 3.8) is 0 Å². The van der Waals surface area contributed by atoms with Crippen LogP contribution in [0.3, 0.4) is 0 Å². The first-order valence-electron chi connectivity index (χ1n) is 8.94. The zero-order chi connectivity index (χ0) is 20.4. The maximum absolute atomic E-state index is 12.5. The summed E-state index contributed by atoms with van der Waals surface area (Å²) in [5.74, 6) is -1.42. The number of hydrogen-bond acceptors (Lipinski definition) is 7. The van der Waals surface area contributed by atoms with Crippen molar-refractivity contribution in [3.8, 4) is 0 Å². The lowest BCUT2D eigenvalue weighted by molar-refractivity contribution is -0.124. The Bertz CT molecular complexity index is 950. The number of hydrogen-bond donors (Lipinski definition) is 1. The molecule has 1 N–H and O–H groups in total. The van der Waals surface area contributed by atoms with Crippen LogP contribution in [0.15, 0.2) is 29.2 Å². The maximum atomic E-state index is 12.5. The molecule has 2 aliphatic rings. The molecule has 9 nitrogen and oxygen atoms in total. The van der Waals surface area contributed by atoms with Crippen molar-refractivity contribution in [2.45, 2.75) is 30.2 Å². The largest absolute Gasteiger partial charge is 0.452 e. The molecule has 0 aromatic heterocycles. The first kappa shape index (κ1) is 20.7. The van der Waals surface area contributed by atoms with Crippen molar-refractivity contribution in [2.75, 3.05) is 31.2 Å². The molecule has 28 heavy (non-hydrogen) atoms. The summed E-state index contributed by atoms with van der Waals surface area (Å²) >= 11 is 0. The Balaban J connectivity index is 1.52. The molecular weight excluding hydrogens is 408 g/mol. The first-order chi connectivity index (χ1) is 13.2. The number of ether oxygens (including phenoxy) is 1. The molecule has 2 aliphatic heterocycles. The van der Waals surface area contributed by atoms with Crippen molar-refractivity contribution in [2.24, 2.45) is 0 Å². The van der Waals surface area contributed by atoms with Gasteiger partial charge in [-0.2, -0.15) is 4.31 Å². The van der Waals surface area contributed by atoms with Gasteiger partial charge in [-0.3, -0.25) is 4.79 Å². The summed E-state index contributed by atoms with van der Waals surface area (Å²) in [6, 6.07) is 4.90. The molecule has 1 atom stereocenters. The molecule has 1 amide bonds. The number of carbonyl (C=O) groups is 2. The second-order valence-electron chi connectivity index (χ2n) is 6.88. The number of nitrogens with zero attached hydrogens (tertiary/aromatic N) is 1. The van der Waals surface area contributed by atoms with Crippen LogP contribution >= 0.6 is 0 Å². The van der Waals surface area contributed by atoms with Gasteiger partial charge in [0.15, 0.2) is 16.4 Å². The molecule has 1 aromatic rings. The van der Waals surface area contributed by atoms with E-state index in [9.17, 15) is 26.4 Å². The van der Waals surface area contributed by atoms with Crippen LogP contribution in [0.4, 0.5) is 0 Å². The Hall–Kier alpha value is -1.98. The minimum absolute atomic E-state index is 0.0322. The van der Waals surface area contributed by atoms with E-state index in [1.807, 2.05) is 0 Å². The van der Waals surface area contributed by atoms with Gasteiger partial charge in [-0.1, -0.05) is 0 Å². The Morgan fingerprint density at radius 1 is 1.14 bits per heavy atom. The summed E-state index contributed by atoms with van der Waals surface area (Å²) < 4.78 is 54.0. The third-order valence-corrected chi connectivity index (χ3v) is 8.41. The van der Waals surface area contributed by atoms with Crippen LogP contribution in [0.25, 0.3) is 0 Å². The number of esters is 1. The molecule has 1 unspecified atom stereocenters. The zero-order valence-electron chi connectivity index (χ0n) is 15.2. The summed E-state index contributed by atoms with van der Waals surface area (Å²) in [6.45, 7) is 0.441. The third-order valence-electron chi connectivity index (χ3n) is 4.72. The molecule has 0 aliphatic carbocycles. The molecular formula is C17H22N2O7S2. The van der Waals surface area contributed by atoms with Gasteiger partial charge in [-0.15, -0.1) is 0 Å². The Kier molecular flexibility index (Phi) is 6.06. The minimum Gasteiger partial charge on any atom is -0.452 e. The number of sulfone groups is 1. The quantitative estimate of drug-likeness (QED) is 0.626. The van der Waals surface area contributed by atoms with Crippen molar-refractivity contribution >= 4 is 31.7 Å². The van der Waals surface area contributed by atoms with Crippen LogP contribution in [0.2, 0.25) is 0 Å². The SMILES string of the molecule is O=C(COC(=O)c1ccc(S(=O)(=O)N2CCCC2)cc1)NC1CCS(=O)(=O)C1. The smallest absolute Gasteiger partial charge is 0.338 e. The molecule has 11 heteroatoms. The fourth-order valence-corrected chi connectivity index (χ4v) is 6.42. The molecule has 154 valence electrons. The van der Waals surface area contributed by atoms with E-state index in [1.165, 1.54) is 28.6 Å². The van der Waals surface area contributed by atoms with Gasteiger partial charge >= 0.3 is 5.97 Å². The van der Waals surface area contributed by atoms with Gasteiger partial charge < -0.3 is 10.1 Å². The van der Waals surface area contributed by atoms with Crippen LogP contribution in [0.5, 0.6) is 0 Å². The van der Waals surface area contributed by atoms with E-state index in [0.717, 1.165) is 12.8 Å². The molecule has 2 saturated heterocycles. The van der Waals surface area contributed by atoms with E-state index in [4.69, 9.17) is 4.74 Å². The molecule has 1 aromatic carbocycles. The maximum Gasteiger partial charge on any atom is 0.338 e. The van der Waals surface area contributed by atoms with Crippen LogP contribution in [0.1, 0.15) is 29.6 Å². The highest BCUT2D eigenvalue weighted by Gasteiger charge is 2.29. The fourth-order valence-electron chi connectivity index (χ4n) is 3.23. The lowest BCUT2D eigenvalue weighted by Gasteiger charge is -2.15. The summed E-state index contributed by atoms with van der Waals surface area (Å²) in [5, 5.41) is 2.52. The predicted octanol–water partition coefficient (Wildman–Crippen LogP) is -0.0688. The fraction of sp³-hybridized carbons (Fsp3) is 0.529. The molecule has 0 spiro atoms. The van der Waals surface area contributed by atoms with Crippen molar-refractivity contribution < 1.29 is 31.2 Å². The van der Waals surface area contributed by atoms with E-state index < -0.39 is 44.4 Å². The summed E-state index contributed by atoms with van der Waals surface area (Å²) in [5.41, 5.74) is 0.122. The molecule has 2 heterocycles. The Labute approximate surface area is 164 Å². The van der Waals surface area contributed by atoms with Crippen molar-refractivity contribution in [3.05, 3.63) is 29.8 Å². The van der Waals surface area contributed by atoms with Gasteiger partial charge in [0.25, 0.3) is 5.91 Å². The number of nitrogens with one attached hydrogen (secondary N) is 1. The van der Waals surface area contributed by atoms with Gasteiger partial charge in [-0.05, 0) is 43.5 Å².